The second kappa shape index (κ2) is 7.71. The van der Waals surface area contributed by atoms with Crippen LogP contribution >= 0.6 is 0 Å². The zero-order valence-electron chi connectivity index (χ0n) is 19.0. The van der Waals surface area contributed by atoms with Crippen LogP contribution in [0.5, 0.6) is 0 Å². The molecule has 3 heterocycles. The molecule has 36 heavy (non-hydrogen) atoms. The summed E-state index contributed by atoms with van der Waals surface area (Å²) in [6.45, 7) is 0. The molecular weight excluding hydrogens is 448 g/mol. The van der Waals surface area contributed by atoms with Crippen molar-refractivity contribution in [3.63, 3.8) is 0 Å². The van der Waals surface area contributed by atoms with Gasteiger partial charge in [-0.3, -0.25) is 9.59 Å². The summed E-state index contributed by atoms with van der Waals surface area (Å²) in [5, 5.41) is 2.10. The van der Waals surface area contributed by atoms with E-state index >= 15 is 0 Å². The summed E-state index contributed by atoms with van der Waals surface area (Å²) >= 11 is 0. The third-order valence-corrected chi connectivity index (χ3v) is 6.71. The lowest BCUT2D eigenvalue weighted by Gasteiger charge is -2.14. The molecule has 0 radical (unpaired) electrons. The second-order valence-electron chi connectivity index (χ2n) is 8.69. The highest BCUT2D eigenvalue weighted by Gasteiger charge is 2.39. The molecule has 0 atom stereocenters. The summed E-state index contributed by atoms with van der Waals surface area (Å²) in [6, 6.07) is 28.8. The van der Waals surface area contributed by atoms with Crippen molar-refractivity contribution < 1.29 is 9.59 Å². The molecule has 4 aromatic carbocycles. The van der Waals surface area contributed by atoms with Crippen LogP contribution in [0.4, 0.5) is 5.69 Å². The Bertz CT molecular complexity index is 1820. The van der Waals surface area contributed by atoms with Gasteiger partial charge in [-0.15, -0.1) is 0 Å². The summed E-state index contributed by atoms with van der Waals surface area (Å²) in [4.78, 5) is 36.6. The summed E-state index contributed by atoms with van der Waals surface area (Å²) in [5.41, 5.74) is 5.91. The molecule has 6 aromatic rings. The third kappa shape index (κ3) is 2.85. The number of carbonyl (C=O) groups excluding carboxylic acids is 2. The van der Waals surface area contributed by atoms with E-state index in [0.29, 0.717) is 22.5 Å². The van der Waals surface area contributed by atoms with Crippen LogP contribution in [-0.2, 0) is 0 Å². The quantitative estimate of drug-likeness (QED) is 0.298. The average molecular weight is 467 g/mol. The van der Waals surface area contributed by atoms with Crippen molar-refractivity contribution in [2.45, 2.75) is 0 Å². The van der Waals surface area contributed by atoms with E-state index in [-0.39, 0.29) is 11.8 Å². The third-order valence-electron chi connectivity index (χ3n) is 6.71. The van der Waals surface area contributed by atoms with Gasteiger partial charge in [0, 0.05) is 28.7 Å². The van der Waals surface area contributed by atoms with Gasteiger partial charge in [0.05, 0.1) is 33.5 Å². The summed E-state index contributed by atoms with van der Waals surface area (Å²) in [6.07, 6.45) is 5.10. The lowest BCUT2D eigenvalue weighted by Crippen LogP contribution is -2.29. The first-order valence-corrected chi connectivity index (χ1v) is 11.6. The van der Waals surface area contributed by atoms with Crippen LogP contribution in [0, 0.1) is 0 Å². The van der Waals surface area contributed by atoms with Crippen molar-refractivity contribution in [1.29, 1.82) is 0 Å². The van der Waals surface area contributed by atoms with E-state index in [4.69, 9.17) is 0 Å². The molecular formula is C30H18N4O2. The molecule has 170 valence electrons. The van der Waals surface area contributed by atoms with E-state index in [1.165, 1.54) is 11.2 Å². The Kier molecular flexibility index (Phi) is 4.35. The highest BCUT2D eigenvalue weighted by Crippen LogP contribution is 2.38. The molecule has 0 saturated carbocycles. The highest BCUT2D eigenvalue weighted by molar-refractivity contribution is 6.35. The van der Waals surface area contributed by atoms with Gasteiger partial charge in [-0.2, -0.15) is 0 Å². The number of para-hydroxylation sites is 2. The average Bonchev–Trinajstić information content (AvgIpc) is 3.40. The van der Waals surface area contributed by atoms with Gasteiger partial charge in [-0.05, 0) is 48.0 Å². The largest absolute Gasteiger partial charge is 0.308 e. The van der Waals surface area contributed by atoms with Gasteiger partial charge in [0.15, 0.2) is 0 Å². The van der Waals surface area contributed by atoms with Crippen LogP contribution in [0.25, 0.3) is 38.6 Å². The Labute approximate surface area is 206 Å². The predicted molar refractivity (Wildman–Crippen MR) is 139 cm³/mol. The van der Waals surface area contributed by atoms with Crippen molar-refractivity contribution in [2.24, 2.45) is 0 Å². The molecule has 2 amide bonds. The smallest absolute Gasteiger partial charge is 0.268 e. The maximum Gasteiger partial charge on any atom is 0.268 e. The number of hydrogen-bond acceptors (Lipinski definition) is 4. The number of anilines is 1. The van der Waals surface area contributed by atoms with E-state index in [2.05, 4.69) is 26.7 Å². The molecule has 0 saturated heterocycles. The Morgan fingerprint density at radius 2 is 1.36 bits per heavy atom. The molecule has 0 spiro atoms. The minimum atomic E-state index is -0.319. The monoisotopic (exact) mass is 466 g/mol. The highest BCUT2D eigenvalue weighted by atomic mass is 16.2. The number of hydrogen-bond donors (Lipinski definition) is 0. The number of aromatic nitrogens is 3. The van der Waals surface area contributed by atoms with Gasteiger partial charge in [0.2, 0.25) is 0 Å². The van der Waals surface area contributed by atoms with Crippen molar-refractivity contribution >= 4 is 39.3 Å². The van der Waals surface area contributed by atoms with Crippen molar-refractivity contribution in [3.05, 3.63) is 121 Å². The number of fused-ring (bicyclic) bond motifs is 4. The Morgan fingerprint density at radius 1 is 0.611 bits per heavy atom. The van der Waals surface area contributed by atoms with E-state index in [1.807, 2.05) is 60.7 Å². The summed E-state index contributed by atoms with van der Waals surface area (Å²) in [5.74, 6) is -0.629. The zero-order chi connectivity index (χ0) is 24.2. The number of imide groups is 1. The molecule has 7 rings (SSSR count). The first kappa shape index (κ1) is 20.3. The number of nitrogens with zero attached hydrogens (tertiary/aromatic N) is 4. The summed E-state index contributed by atoms with van der Waals surface area (Å²) in [7, 11) is 0. The molecule has 0 aliphatic carbocycles. The SMILES string of the molecule is O=C1c2cccc(-n3c4ccccc4c4cc(-c5cncnc5)ccc43)c2C(=O)N1c1ccccc1. The van der Waals surface area contributed by atoms with Gasteiger partial charge in [0.25, 0.3) is 11.8 Å². The minimum Gasteiger partial charge on any atom is -0.308 e. The van der Waals surface area contributed by atoms with Crippen LogP contribution in [0.3, 0.4) is 0 Å². The topological polar surface area (TPSA) is 68.1 Å². The fourth-order valence-electron chi connectivity index (χ4n) is 5.13. The van der Waals surface area contributed by atoms with Gasteiger partial charge in [0.1, 0.15) is 6.33 Å². The number of benzene rings is 4. The first-order valence-electron chi connectivity index (χ1n) is 11.6. The maximum atomic E-state index is 13.7. The van der Waals surface area contributed by atoms with Crippen molar-refractivity contribution in [2.75, 3.05) is 4.90 Å². The van der Waals surface area contributed by atoms with Gasteiger partial charge in [-0.1, -0.05) is 48.5 Å². The van der Waals surface area contributed by atoms with E-state index < -0.39 is 0 Å². The van der Waals surface area contributed by atoms with E-state index in [0.717, 1.165) is 32.9 Å². The van der Waals surface area contributed by atoms with E-state index in [9.17, 15) is 9.59 Å². The molecule has 1 aliphatic heterocycles. The molecule has 0 unspecified atom stereocenters. The second-order valence-corrected chi connectivity index (χ2v) is 8.69. The van der Waals surface area contributed by atoms with Crippen LogP contribution in [0.15, 0.2) is 110 Å². The lowest BCUT2D eigenvalue weighted by atomic mass is 10.1. The first-order chi connectivity index (χ1) is 17.7. The fraction of sp³-hybridized carbons (Fsp3) is 0. The molecule has 1 aliphatic rings. The van der Waals surface area contributed by atoms with Crippen molar-refractivity contribution in [3.8, 4) is 16.8 Å². The number of amides is 2. The molecule has 0 fully saturated rings. The molecule has 0 bridgehead atoms. The Hall–Kier alpha value is -5.10. The molecule has 6 heteroatoms. The van der Waals surface area contributed by atoms with Gasteiger partial charge < -0.3 is 4.57 Å². The lowest BCUT2D eigenvalue weighted by molar-refractivity contribution is 0.0926. The summed E-state index contributed by atoms with van der Waals surface area (Å²) < 4.78 is 2.08. The van der Waals surface area contributed by atoms with Crippen LogP contribution in [0.1, 0.15) is 20.7 Å². The van der Waals surface area contributed by atoms with Crippen LogP contribution in [0.2, 0.25) is 0 Å². The molecule has 6 nitrogen and oxygen atoms in total. The fourth-order valence-corrected chi connectivity index (χ4v) is 5.13. The predicted octanol–water partition coefficient (Wildman–Crippen LogP) is 6.04. The Morgan fingerprint density at radius 3 is 2.19 bits per heavy atom. The van der Waals surface area contributed by atoms with Gasteiger partial charge >= 0.3 is 0 Å². The Balaban J connectivity index is 1.49. The zero-order valence-corrected chi connectivity index (χ0v) is 19.0. The molecule has 0 N–H and O–H groups in total. The normalized spacial score (nSPS) is 13.1. The maximum absolute atomic E-state index is 13.7. The number of carbonyl (C=O) groups is 2. The van der Waals surface area contributed by atoms with E-state index in [1.54, 1.807) is 30.6 Å². The molecule has 2 aromatic heterocycles. The number of rotatable bonds is 3. The van der Waals surface area contributed by atoms with Gasteiger partial charge in [-0.25, -0.2) is 14.9 Å². The van der Waals surface area contributed by atoms with Crippen molar-refractivity contribution in [1.82, 2.24) is 14.5 Å². The van der Waals surface area contributed by atoms with Crippen LogP contribution < -0.4 is 4.90 Å². The minimum absolute atomic E-state index is 0.310. The standard InChI is InChI=1S/C30H18N4O2/c35-29-23-10-6-12-27(28(23)30(36)33(29)21-7-2-1-3-8-21)34-25-11-5-4-9-22(25)24-15-19(13-14-26(24)34)20-16-31-18-32-17-20/h1-18H. The van der Waals surface area contributed by atoms with Crippen LogP contribution in [-0.4, -0.2) is 26.3 Å².